The summed E-state index contributed by atoms with van der Waals surface area (Å²) in [5.74, 6) is 0.867. The lowest BCUT2D eigenvalue weighted by molar-refractivity contribution is -0.131. The lowest BCUT2D eigenvalue weighted by Crippen LogP contribution is -2.35. The molecule has 0 fully saturated rings. The second-order valence-electron chi connectivity index (χ2n) is 4.88. The van der Waals surface area contributed by atoms with Gasteiger partial charge in [0.25, 0.3) is 0 Å². The summed E-state index contributed by atoms with van der Waals surface area (Å²) >= 11 is 0. The molecule has 0 aromatic rings. The van der Waals surface area contributed by atoms with E-state index in [1.54, 1.807) is 0 Å². The van der Waals surface area contributed by atoms with Crippen LogP contribution in [0.25, 0.3) is 0 Å². The van der Waals surface area contributed by atoms with E-state index in [-0.39, 0.29) is 0 Å². The summed E-state index contributed by atoms with van der Waals surface area (Å²) in [6, 6.07) is 0. The molecule has 1 heterocycles. The molecule has 0 saturated heterocycles. The SMILES string of the molecule is CC1=CCCN(C(=O)CCC(C)CCN)C1. The van der Waals surface area contributed by atoms with E-state index in [1.165, 1.54) is 5.57 Å². The fourth-order valence-corrected chi connectivity index (χ4v) is 2.08. The lowest BCUT2D eigenvalue weighted by Gasteiger charge is -2.26. The van der Waals surface area contributed by atoms with Gasteiger partial charge in [0.15, 0.2) is 0 Å². The Morgan fingerprint density at radius 2 is 2.31 bits per heavy atom. The van der Waals surface area contributed by atoms with Crippen molar-refractivity contribution in [1.29, 1.82) is 0 Å². The van der Waals surface area contributed by atoms with E-state index in [4.69, 9.17) is 5.73 Å². The molecule has 0 aromatic heterocycles. The van der Waals surface area contributed by atoms with Gasteiger partial charge in [-0.15, -0.1) is 0 Å². The highest BCUT2D eigenvalue weighted by atomic mass is 16.2. The highest BCUT2D eigenvalue weighted by Gasteiger charge is 2.16. The van der Waals surface area contributed by atoms with Crippen LogP contribution in [0.3, 0.4) is 0 Å². The highest BCUT2D eigenvalue weighted by molar-refractivity contribution is 5.76. The monoisotopic (exact) mass is 224 g/mol. The number of carbonyl (C=O) groups excluding carboxylic acids is 1. The van der Waals surface area contributed by atoms with Crippen molar-refractivity contribution in [1.82, 2.24) is 4.90 Å². The smallest absolute Gasteiger partial charge is 0.222 e. The summed E-state index contributed by atoms with van der Waals surface area (Å²) in [4.78, 5) is 13.9. The molecule has 1 unspecified atom stereocenters. The maximum absolute atomic E-state index is 11.9. The molecule has 0 saturated carbocycles. The Bertz CT molecular complexity index is 261. The zero-order chi connectivity index (χ0) is 12.0. The van der Waals surface area contributed by atoms with E-state index in [0.29, 0.717) is 18.2 Å². The third-order valence-electron chi connectivity index (χ3n) is 3.20. The van der Waals surface area contributed by atoms with Gasteiger partial charge in [0, 0.05) is 19.5 Å². The van der Waals surface area contributed by atoms with Crippen molar-refractivity contribution in [2.75, 3.05) is 19.6 Å². The van der Waals surface area contributed by atoms with Crippen LogP contribution < -0.4 is 5.73 Å². The van der Waals surface area contributed by atoms with Crippen LogP contribution in [0.5, 0.6) is 0 Å². The molecule has 1 amide bonds. The fourth-order valence-electron chi connectivity index (χ4n) is 2.08. The van der Waals surface area contributed by atoms with Crippen molar-refractivity contribution in [3.05, 3.63) is 11.6 Å². The summed E-state index contributed by atoms with van der Waals surface area (Å²) in [6.45, 7) is 6.70. The third kappa shape index (κ3) is 4.35. The van der Waals surface area contributed by atoms with E-state index in [1.807, 2.05) is 4.90 Å². The normalized spacial score (nSPS) is 18.2. The van der Waals surface area contributed by atoms with Gasteiger partial charge in [-0.05, 0) is 38.6 Å². The largest absolute Gasteiger partial charge is 0.338 e. The molecule has 0 aliphatic carbocycles. The van der Waals surface area contributed by atoms with Gasteiger partial charge in [0.1, 0.15) is 0 Å². The van der Waals surface area contributed by atoms with Crippen LogP contribution in [0.1, 0.15) is 39.5 Å². The van der Waals surface area contributed by atoms with Crippen molar-refractivity contribution < 1.29 is 4.79 Å². The molecular weight excluding hydrogens is 200 g/mol. The number of carbonyl (C=O) groups is 1. The molecule has 0 spiro atoms. The molecule has 1 aliphatic rings. The van der Waals surface area contributed by atoms with Crippen molar-refractivity contribution in [2.45, 2.75) is 39.5 Å². The van der Waals surface area contributed by atoms with Gasteiger partial charge >= 0.3 is 0 Å². The minimum absolute atomic E-state index is 0.302. The molecule has 2 N–H and O–H groups in total. The van der Waals surface area contributed by atoms with E-state index in [2.05, 4.69) is 19.9 Å². The quantitative estimate of drug-likeness (QED) is 0.725. The minimum Gasteiger partial charge on any atom is -0.338 e. The molecule has 1 rings (SSSR count). The van der Waals surface area contributed by atoms with Gasteiger partial charge in [-0.25, -0.2) is 0 Å². The van der Waals surface area contributed by atoms with Crippen molar-refractivity contribution in [3.8, 4) is 0 Å². The van der Waals surface area contributed by atoms with Crippen molar-refractivity contribution in [2.24, 2.45) is 11.7 Å². The van der Waals surface area contributed by atoms with Gasteiger partial charge in [0.05, 0.1) is 0 Å². The second-order valence-corrected chi connectivity index (χ2v) is 4.88. The first-order chi connectivity index (χ1) is 7.63. The average molecular weight is 224 g/mol. The standard InChI is InChI=1S/C13H24N2O/c1-11(7-8-14)5-6-13(16)15-9-3-4-12(2)10-15/h4,11H,3,5-10,14H2,1-2H3. The first-order valence-corrected chi connectivity index (χ1v) is 6.27. The highest BCUT2D eigenvalue weighted by Crippen LogP contribution is 2.14. The molecule has 3 heteroatoms. The van der Waals surface area contributed by atoms with Gasteiger partial charge in [-0.3, -0.25) is 4.79 Å². The topological polar surface area (TPSA) is 46.3 Å². The Kier molecular flexibility index (Phi) is 5.53. The predicted octanol–water partition coefficient (Wildman–Crippen LogP) is 1.93. The maximum atomic E-state index is 11.9. The van der Waals surface area contributed by atoms with E-state index < -0.39 is 0 Å². The number of hydrogen-bond donors (Lipinski definition) is 1. The predicted molar refractivity (Wildman–Crippen MR) is 67.0 cm³/mol. The van der Waals surface area contributed by atoms with Crippen LogP contribution in [0.4, 0.5) is 0 Å². The van der Waals surface area contributed by atoms with Gasteiger partial charge < -0.3 is 10.6 Å². The molecular formula is C13H24N2O. The number of hydrogen-bond acceptors (Lipinski definition) is 2. The molecule has 16 heavy (non-hydrogen) atoms. The fraction of sp³-hybridized carbons (Fsp3) is 0.769. The van der Waals surface area contributed by atoms with Crippen LogP contribution in [-0.2, 0) is 4.79 Å². The Labute approximate surface area is 98.7 Å². The Morgan fingerprint density at radius 1 is 1.56 bits per heavy atom. The summed E-state index contributed by atoms with van der Waals surface area (Å²) < 4.78 is 0. The van der Waals surface area contributed by atoms with Crippen LogP contribution in [0, 0.1) is 5.92 Å². The Morgan fingerprint density at radius 3 is 2.94 bits per heavy atom. The average Bonchev–Trinajstić information content (AvgIpc) is 2.26. The zero-order valence-corrected chi connectivity index (χ0v) is 10.5. The molecule has 3 nitrogen and oxygen atoms in total. The molecule has 0 aromatic carbocycles. The second kappa shape index (κ2) is 6.69. The first-order valence-electron chi connectivity index (χ1n) is 6.27. The van der Waals surface area contributed by atoms with Crippen LogP contribution in [0.2, 0.25) is 0 Å². The molecule has 0 bridgehead atoms. The van der Waals surface area contributed by atoms with Crippen molar-refractivity contribution >= 4 is 5.91 Å². The van der Waals surface area contributed by atoms with Crippen LogP contribution >= 0.6 is 0 Å². The summed E-state index contributed by atoms with van der Waals surface area (Å²) in [7, 11) is 0. The third-order valence-corrected chi connectivity index (χ3v) is 3.20. The van der Waals surface area contributed by atoms with Crippen LogP contribution in [-0.4, -0.2) is 30.4 Å². The molecule has 92 valence electrons. The number of amides is 1. The molecule has 1 atom stereocenters. The minimum atomic E-state index is 0.302. The summed E-state index contributed by atoms with van der Waals surface area (Å²) in [6.07, 6.45) is 5.90. The number of rotatable bonds is 5. The zero-order valence-electron chi connectivity index (χ0n) is 10.5. The maximum Gasteiger partial charge on any atom is 0.222 e. The first kappa shape index (κ1) is 13.2. The molecule has 0 radical (unpaired) electrons. The van der Waals surface area contributed by atoms with Crippen molar-refractivity contribution in [3.63, 3.8) is 0 Å². The van der Waals surface area contributed by atoms with Gasteiger partial charge in [0.2, 0.25) is 5.91 Å². The number of nitrogens with two attached hydrogens (primary N) is 1. The molecule has 1 aliphatic heterocycles. The van der Waals surface area contributed by atoms with Gasteiger partial charge in [-0.1, -0.05) is 18.6 Å². The van der Waals surface area contributed by atoms with E-state index >= 15 is 0 Å². The summed E-state index contributed by atoms with van der Waals surface area (Å²) in [5, 5.41) is 0. The van der Waals surface area contributed by atoms with E-state index in [0.717, 1.165) is 38.9 Å². The summed E-state index contributed by atoms with van der Waals surface area (Å²) in [5.41, 5.74) is 6.81. The lowest BCUT2D eigenvalue weighted by atomic mass is 10.0. The number of nitrogens with zero attached hydrogens (tertiary/aromatic N) is 1. The Balaban J connectivity index is 2.27. The van der Waals surface area contributed by atoms with Gasteiger partial charge in [-0.2, -0.15) is 0 Å². The van der Waals surface area contributed by atoms with E-state index in [9.17, 15) is 4.79 Å². The van der Waals surface area contributed by atoms with Crippen LogP contribution in [0.15, 0.2) is 11.6 Å². The Hall–Kier alpha value is -0.830.